The van der Waals surface area contributed by atoms with Crippen LogP contribution in [-0.2, 0) is 0 Å². The third kappa shape index (κ3) is 2.28. The zero-order valence-corrected chi connectivity index (χ0v) is 15.9. The van der Waals surface area contributed by atoms with Crippen molar-refractivity contribution in [3.8, 4) is 0 Å². The fourth-order valence-electron chi connectivity index (χ4n) is 4.90. The van der Waals surface area contributed by atoms with Crippen LogP contribution in [0.3, 0.4) is 0 Å². The number of hydrogen-bond donors (Lipinski definition) is 0. The Morgan fingerprint density at radius 1 is 0.560 bits per heavy atom. The summed E-state index contributed by atoms with van der Waals surface area (Å²) in [5, 5.41) is 0. The van der Waals surface area contributed by atoms with Crippen molar-refractivity contribution in [2.75, 3.05) is 0 Å². The first-order chi connectivity index (χ1) is 12.0. The third-order valence-electron chi connectivity index (χ3n) is 6.50. The predicted octanol–water partition coefficient (Wildman–Crippen LogP) is 6.91. The van der Waals surface area contributed by atoms with E-state index in [1.807, 2.05) is 0 Å². The minimum absolute atomic E-state index is 0.457. The molecule has 0 aromatic heterocycles. The van der Waals surface area contributed by atoms with Crippen LogP contribution in [0.2, 0.25) is 0 Å². The molecule has 1 atom stereocenters. The van der Waals surface area contributed by atoms with Crippen LogP contribution in [0, 0.1) is 5.92 Å². The number of hydrogen-bond acceptors (Lipinski definition) is 0. The lowest BCUT2D eigenvalue weighted by molar-refractivity contribution is 0.622. The molecule has 0 radical (unpaired) electrons. The van der Waals surface area contributed by atoms with Crippen LogP contribution in [0.1, 0.15) is 57.2 Å². The molecule has 25 heavy (non-hydrogen) atoms. The van der Waals surface area contributed by atoms with Gasteiger partial charge >= 0.3 is 0 Å². The summed E-state index contributed by atoms with van der Waals surface area (Å²) < 4.78 is 0. The summed E-state index contributed by atoms with van der Waals surface area (Å²) >= 11 is 0. The molecule has 0 amide bonds. The van der Waals surface area contributed by atoms with E-state index in [-0.39, 0.29) is 0 Å². The molecule has 0 heterocycles. The van der Waals surface area contributed by atoms with E-state index >= 15 is 0 Å². The van der Waals surface area contributed by atoms with Gasteiger partial charge in [-0.15, -0.1) is 0 Å². The van der Waals surface area contributed by atoms with Crippen molar-refractivity contribution in [1.82, 2.24) is 0 Å². The Kier molecular flexibility index (Phi) is 3.80. The maximum atomic E-state index is 2.34. The summed E-state index contributed by atoms with van der Waals surface area (Å²) in [6.07, 6.45) is 0. The van der Waals surface area contributed by atoms with Crippen LogP contribution in [-0.4, -0.2) is 0 Å². The molecule has 0 heteroatoms. The fourth-order valence-corrected chi connectivity index (χ4v) is 4.90. The van der Waals surface area contributed by atoms with Gasteiger partial charge in [0.25, 0.3) is 0 Å². The van der Waals surface area contributed by atoms with Gasteiger partial charge in [-0.2, -0.15) is 0 Å². The van der Waals surface area contributed by atoms with E-state index < -0.39 is 0 Å². The average molecular weight is 326 g/mol. The topological polar surface area (TPSA) is 0 Å². The Hall–Kier alpha value is -2.34. The highest BCUT2D eigenvalue weighted by Gasteiger charge is 2.39. The van der Waals surface area contributed by atoms with Crippen LogP contribution in [0.25, 0.3) is 5.57 Å². The minimum Gasteiger partial charge on any atom is -0.0622 e. The summed E-state index contributed by atoms with van der Waals surface area (Å²) in [5.41, 5.74) is 13.3. The van der Waals surface area contributed by atoms with Gasteiger partial charge < -0.3 is 0 Å². The van der Waals surface area contributed by atoms with Gasteiger partial charge in [0.05, 0.1) is 0 Å². The SMILES string of the molecule is CC1=C(C)C(C2C(C)=C(c3ccccc3)c3ccccc32)C(C)=C1C. The van der Waals surface area contributed by atoms with Crippen molar-refractivity contribution in [2.24, 2.45) is 5.92 Å². The van der Waals surface area contributed by atoms with Crippen molar-refractivity contribution >= 4 is 5.57 Å². The van der Waals surface area contributed by atoms with E-state index in [0.29, 0.717) is 11.8 Å². The second kappa shape index (κ2) is 5.88. The maximum absolute atomic E-state index is 2.34. The molecule has 2 aliphatic carbocycles. The van der Waals surface area contributed by atoms with E-state index in [9.17, 15) is 0 Å². The zero-order chi connectivity index (χ0) is 17.7. The predicted molar refractivity (Wildman–Crippen MR) is 108 cm³/mol. The Balaban J connectivity index is 1.94. The second-order valence-electron chi connectivity index (χ2n) is 7.58. The van der Waals surface area contributed by atoms with Gasteiger partial charge in [-0.1, -0.05) is 71.3 Å². The van der Waals surface area contributed by atoms with E-state index in [2.05, 4.69) is 89.2 Å². The molecule has 1 unspecified atom stereocenters. The second-order valence-corrected chi connectivity index (χ2v) is 7.58. The number of allylic oxidation sites excluding steroid dienone is 5. The first-order valence-corrected chi connectivity index (χ1v) is 9.23. The molecule has 0 saturated heterocycles. The van der Waals surface area contributed by atoms with Crippen LogP contribution < -0.4 is 0 Å². The van der Waals surface area contributed by atoms with Gasteiger partial charge in [-0.25, -0.2) is 0 Å². The molecule has 2 aromatic carbocycles. The molecule has 0 spiro atoms. The lowest BCUT2D eigenvalue weighted by atomic mass is 9.77. The molecule has 0 aliphatic heterocycles. The number of fused-ring (bicyclic) bond motifs is 1. The summed E-state index contributed by atoms with van der Waals surface area (Å²) in [6, 6.07) is 19.9. The summed E-state index contributed by atoms with van der Waals surface area (Å²) in [5.74, 6) is 0.959. The van der Waals surface area contributed by atoms with Crippen LogP contribution in [0.5, 0.6) is 0 Å². The van der Waals surface area contributed by atoms with Crippen molar-refractivity contribution in [2.45, 2.75) is 40.5 Å². The van der Waals surface area contributed by atoms with Gasteiger partial charge in [0.15, 0.2) is 0 Å². The molecule has 0 bridgehead atoms. The summed E-state index contributed by atoms with van der Waals surface area (Å²) in [4.78, 5) is 0. The highest BCUT2D eigenvalue weighted by atomic mass is 14.4. The fraction of sp³-hybridized carbons (Fsp3) is 0.280. The highest BCUT2D eigenvalue weighted by Crippen LogP contribution is 2.54. The number of benzene rings is 2. The highest BCUT2D eigenvalue weighted by molar-refractivity contribution is 5.88. The van der Waals surface area contributed by atoms with Crippen LogP contribution in [0.4, 0.5) is 0 Å². The van der Waals surface area contributed by atoms with Crippen LogP contribution >= 0.6 is 0 Å². The van der Waals surface area contributed by atoms with E-state index in [4.69, 9.17) is 0 Å². The lowest BCUT2D eigenvalue weighted by Gasteiger charge is -2.26. The first kappa shape index (κ1) is 16.1. The largest absolute Gasteiger partial charge is 0.0622 e. The number of rotatable bonds is 2. The van der Waals surface area contributed by atoms with E-state index in [1.54, 1.807) is 11.1 Å². The third-order valence-corrected chi connectivity index (χ3v) is 6.50. The summed E-state index contributed by atoms with van der Waals surface area (Å²) in [7, 11) is 0. The van der Waals surface area contributed by atoms with Crippen LogP contribution in [0.15, 0.2) is 82.5 Å². The molecule has 0 saturated carbocycles. The molecule has 2 aromatic rings. The quantitative estimate of drug-likeness (QED) is 0.562. The van der Waals surface area contributed by atoms with Gasteiger partial charge in [-0.05, 0) is 68.0 Å². The Labute approximate surface area is 151 Å². The van der Waals surface area contributed by atoms with Gasteiger partial charge in [0, 0.05) is 11.8 Å². The van der Waals surface area contributed by atoms with Gasteiger partial charge in [0.1, 0.15) is 0 Å². The minimum atomic E-state index is 0.457. The Morgan fingerprint density at radius 3 is 1.76 bits per heavy atom. The van der Waals surface area contributed by atoms with E-state index in [0.717, 1.165) is 0 Å². The van der Waals surface area contributed by atoms with Gasteiger partial charge in [0.2, 0.25) is 0 Å². The molecule has 4 rings (SSSR count). The summed E-state index contributed by atoms with van der Waals surface area (Å²) in [6.45, 7) is 11.6. The van der Waals surface area contributed by atoms with Gasteiger partial charge in [-0.3, -0.25) is 0 Å². The average Bonchev–Trinajstić information content (AvgIpc) is 3.02. The first-order valence-electron chi connectivity index (χ1n) is 9.23. The molecule has 0 fully saturated rings. The zero-order valence-electron chi connectivity index (χ0n) is 15.9. The molecule has 2 aliphatic rings. The maximum Gasteiger partial charge on any atom is 0.0164 e. The molecule has 126 valence electrons. The Morgan fingerprint density at radius 2 is 1.12 bits per heavy atom. The normalized spacial score (nSPS) is 20.8. The monoisotopic (exact) mass is 326 g/mol. The molecular formula is C25H26. The van der Waals surface area contributed by atoms with Crippen molar-refractivity contribution in [3.05, 3.63) is 99.2 Å². The van der Waals surface area contributed by atoms with Crippen molar-refractivity contribution in [1.29, 1.82) is 0 Å². The molecule has 0 N–H and O–H groups in total. The van der Waals surface area contributed by atoms with Crippen molar-refractivity contribution in [3.63, 3.8) is 0 Å². The standard InChI is InChI=1S/C25H26/c1-15-16(2)18(4)23(17(15)3)25-19(5)24(20-11-7-6-8-12-20)21-13-9-10-14-22(21)25/h6-14,23,25H,1-5H3. The van der Waals surface area contributed by atoms with Crippen molar-refractivity contribution < 1.29 is 0 Å². The smallest absolute Gasteiger partial charge is 0.0164 e. The molecule has 0 nitrogen and oxygen atoms in total. The lowest BCUT2D eigenvalue weighted by Crippen LogP contribution is -2.13. The molecular weight excluding hydrogens is 300 g/mol. The van der Waals surface area contributed by atoms with E-state index in [1.165, 1.54) is 39.0 Å². The Bertz CT molecular complexity index is 911.